The summed E-state index contributed by atoms with van der Waals surface area (Å²) in [7, 11) is 0. The normalized spacial score (nSPS) is 17.5. The largest absolute Gasteiger partial charge is 0.396 e. The molecule has 0 bridgehead atoms. The van der Waals surface area contributed by atoms with E-state index in [0.717, 1.165) is 25.1 Å². The minimum atomic E-state index is -0.177. The van der Waals surface area contributed by atoms with E-state index in [0.29, 0.717) is 5.56 Å². The molecule has 0 amide bonds. The average Bonchev–Trinajstić information content (AvgIpc) is 3.01. The fourth-order valence-electron chi connectivity index (χ4n) is 1.61. The van der Waals surface area contributed by atoms with E-state index >= 15 is 0 Å². The van der Waals surface area contributed by atoms with E-state index in [4.69, 9.17) is 5.11 Å². The summed E-state index contributed by atoms with van der Waals surface area (Å²) in [6, 6.07) is 4.99. The fraction of sp³-hybridized carbons (Fsp3) is 0.500. The summed E-state index contributed by atoms with van der Waals surface area (Å²) in [4.78, 5) is 0. The molecule has 1 fully saturated rings. The highest BCUT2D eigenvalue weighted by atomic mass is 19.1. The van der Waals surface area contributed by atoms with Crippen LogP contribution in [0.5, 0.6) is 0 Å². The predicted octanol–water partition coefficient (Wildman–Crippen LogP) is 2.32. The number of rotatable bonds is 4. The number of hydrogen-bond acceptors (Lipinski definition) is 2. The highest BCUT2D eigenvalue weighted by Gasteiger charge is 2.41. The summed E-state index contributed by atoms with van der Waals surface area (Å²) in [6.45, 7) is 2.76. The van der Waals surface area contributed by atoms with E-state index in [1.165, 1.54) is 6.07 Å². The lowest BCUT2D eigenvalue weighted by molar-refractivity contribution is 0.220. The Morgan fingerprint density at radius 2 is 2.20 bits per heavy atom. The number of aliphatic hydroxyl groups excluding tert-OH is 1. The second kappa shape index (κ2) is 3.81. The van der Waals surface area contributed by atoms with Crippen molar-refractivity contribution in [2.75, 3.05) is 18.5 Å². The van der Waals surface area contributed by atoms with Gasteiger partial charge in [0.05, 0.1) is 6.61 Å². The van der Waals surface area contributed by atoms with Gasteiger partial charge in [-0.25, -0.2) is 4.39 Å². The summed E-state index contributed by atoms with van der Waals surface area (Å²) in [5.41, 5.74) is 1.66. The van der Waals surface area contributed by atoms with Crippen LogP contribution in [0.25, 0.3) is 0 Å². The van der Waals surface area contributed by atoms with Crippen LogP contribution in [-0.2, 0) is 0 Å². The number of anilines is 1. The van der Waals surface area contributed by atoms with Gasteiger partial charge < -0.3 is 10.4 Å². The van der Waals surface area contributed by atoms with Gasteiger partial charge in [-0.1, -0.05) is 0 Å². The average molecular weight is 209 g/mol. The standard InChI is InChI=1S/C12H16FNO/c1-9-6-10(2-3-11(9)13)14-7-12(8-15)4-5-12/h2-3,6,14-15H,4-5,7-8H2,1H3. The van der Waals surface area contributed by atoms with Gasteiger partial charge in [-0.3, -0.25) is 0 Å². The van der Waals surface area contributed by atoms with Crippen LogP contribution < -0.4 is 5.32 Å². The van der Waals surface area contributed by atoms with E-state index in [1.807, 2.05) is 0 Å². The molecule has 1 aromatic rings. The van der Waals surface area contributed by atoms with Crippen molar-refractivity contribution in [1.29, 1.82) is 0 Å². The zero-order valence-electron chi connectivity index (χ0n) is 8.89. The third kappa shape index (κ3) is 2.29. The lowest BCUT2D eigenvalue weighted by Gasteiger charge is -2.14. The van der Waals surface area contributed by atoms with E-state index in [9.17, 15) is 4.39 Å². The van der Waals surface area contributed by atoms with Crippen LogP contribution in [0, 0.1) is 18.2 Å². The Hall–Kier alpha value is -1.09. The van der Waals surface area contributed by atoms with E-state index < -0.39 is 0 Å². The van der Waals surface area contributed by atoms with Crippen LogP contribution in [0.1, 0.15) is 18.4 Å². The molecule has 82 valence electrons. The third-order valence-corrected chi connectivity index (χ3v) is 3.12. The van der Waals surface area contributed by atoms with Gasteiger partial charge in [0.2, 0.25) is 0 Å². The first-order valence-corrected chi connectivity index (χ1v) is 5.26. The molecule has 1 aliphatic rings. The zero-order chi connectivity index (χ0) is 10.9. The number of halogens is 1. The summed E-state index contributed by atoms with van der Waals surface area (Å²) in [5, 5.41) is 12.4. The minimum Gasteiger partial charge on any atom is -0.396 e. The molecule has 1 saturated carbocycles. The van der Waals surface area contributed by atoms with E-state index in [2.05, 4.69) is 5.32 Å². The smallest absolute Gasteiger partial charge is 0.126 e. The van der Waals surface area contributed by atoms with Crippen molar-refractivity contribution < 1.29 is 9.50 Å². The summed E-state index contributed by atoms with van der Waals surface area (Å²) in [6.07, 6.45) is 2.16. The summed E-state index contributed by atoms with van der Waals surface area (Å²) < 4.78 is 13.0. The molecule has 0 heterocycles. The van der Waals surface area contributed by atoms with Crippen molar-refractivity contribution in [3.05, 3.63) is 29.6 Å². The van der Waals surface area contributed by atoms with Crippen LogP contribution in [0.4, 0.5) is 10.1 Å². The van der Waals surface area contributed by atoms with Crippen molar-refractivity contribution in [1.82, 2.24) is 0 Å². The molecule has 0 spiro atoms. The van der Waals surface area contributed by atoms with Gasteiger partial charge in [-0.2, -0.15) is 0 Å². The van der Waals surface area contributed by atoms with Crippen molar-refractivity contribution in [3.63, 3.8) is 0 Å². The maximum atomic E-state index is 13.0. The molecule has 1 aromatic carbocycles. The Bertz CT molecular complexity index is 361. The quantitative estimate of drug-likeness (QED) is 0.797. The topological polar surface area (TPSA) is 32.3 Å². The molecule has 0 radical (unpaired) electrons. The van der Waals surface area contributed by atoms with Gasteiger partial charge in [0, 0.05) is 17.6 Å². The van der Waals surface area contributed by atoms with Crippen molar-refractivity contribution in [2.24, 2.45) is 5.41 Å². The molecular formula is C12H16FNO. The summed E-state index contributed by atoms with van der Waals surface area (Å²) in [5.74, 6) is -0.177. The molecule has 1 aliphatic carbocycles. The number of benzene rings is 1. The first kappa shape index (κ1) is 10.4. The van der Waals surface area contributed by atoms with Gasteiger partial charge in [-0.05, 0) is 43.5 Å². The highest BCUT2D eigenvalue weighted by molar-refractivity contribution is 5.46. The molecular weight excluding hydrogens is 193 g/mol. The summed E-state index contributed by atoms with van der Waals surface area (Å²) >= 11 is 0. The van der Waals surface area contributed by atoms with Gasteiger partial charge in [0.1, 0.15) is 5.82 Å². The first-order valence-electron chi connectivity index (χ1n) is 5.26. The number of aliphatic hydroxyl groups is 1. The Morgan fingerprint density at radius 1 is 1.47 bits per heavy atom. The number of hydrogen-bond donors (Lipinski definition) is 2. The SMILES string of the molecule is Cc1cc(NCC2(CO)CC2)ccc1F. The van der Waals surface area contributed by atoms with Gasteiger partial charge in [-0.15, -0.1) is 0 Å². The Kier molecular flexibility index (Phi) is 2.65. The zero-order valence-corrected chi connectivity index (χ0v) is 8.89. The molecule has 0 saturated heterocycles. The van der Waals surface area contributed by atoms with Crippen molar-refractivity contribution >= 4 is 5.69 Å². The molecule has 2 rings (SSSR count). The molecule has 0 aromatic heterocycles. The molecule has 0 atom stereocenters. The van der Waals surface area contributed by atoms with Crippen molar-refractivity contribution in [2.45, 2.75) is 19.8 Å². The lowest BCUT2D eigenvalue weighted by atomic mass is 10.1. The Morgan fingerprint density at radius 3 is 2.73 bits per heavy atom. The second-order valence-electron chi connectivity index (χ2n) is 4.48. The Balaban J connectivity index is 1.96. The minimum absolute atomic E-state index is 0.0856. The maximum Gasteiger partial charge on any atom is 0.126 e. The second-order valence-corrected chi connectivity index (χ2v) is 4.48. The highest BCUT2D eigenvalue weighted by Crippen LogP contribution is 2.44. The first-order chi connectivity index (χ1) is 7.15. The molecule has 3 heteroatoms. The monoisotopic (exact) mass is 209 g/mol. The lowest BCUT2D eigenvalue weighted by Crippen LogP contribution is -2.19. The van der Waals surface area contributed by atoms with E-state index in [-0.39, 0.29) is 17.8 Å². The molecule has 2 nitrogen and oxygen atoms in total. The van der Waals surface area contributed by atoms with E-state index in [1.54, 1.807) is 19.1 Å². The van der Waals surface area contributed by atoms with Crippen LogP contribution >= 0.6 is 0 Å². The molecule has 0 aliphatic heterocycles. The van der Waals surface area contributed by atoms with Crippen molar-refractivity contribution in [3.8, 4) is 0 Å². The van der Waals surface area contributed by atoms with Crippen LogP contribution in [0.3, 0.4) is 0 Å². The van der Waals surface area contributed by atoms with Gasteiger partial charge >= 0.3 is 0 Å². The maximum absolute atomic E-state index is 13.0. The molecule has 15 heavy (non-hydrogen) atoms. The predicted molar refractivity (Wildman–Crippen MR) is 58.4 cm³/mol. The van der Waals surface area contributed by atoms with Crippen LogP contribution in [-0.4, -0.2) is 18.3 Å². The number of aryl methyl sites for hydroxylation is 1. The van der Waals surface area contributed by atoms with Crippen LogP contribution in [0.2, 0.25) is 0 Å². The molecule has 2 N–H and O–H groups in total. The fourth-order valence-corrected chi connectivity index (χ4v) is 1.61. The Labute approximate surface area is 89.1 Å². The third-order valence-electron chi connectivity index (χ3n) is 3.12. The van der Waals surface area contributed by atoms with Gasteiger partial charge in [0.15, 0.2) is 0 Å². The number of nitrogens with one attached hydrogen (secondary N) is 1. The molecule has 0 unspecified atom stereocenters. The van der Waals surface area contributed by atoms with Crippen LogP contribution in [0.15, 0.2) is 18.2 Å². The van der Waals surface area contributed by atoms with Gasteiger partial charge in [0.25, 0.3) is 0 Å².